The SMILES string of the molecule is Cc1ccc(-c2nn(-c3ccccc3)cc2C(=O)N2C[C@@H]3CCCN3C(=O)[C@H]2C)cc1. The molecular weight excluding hydrogens is 388 g/mol. The Balaban J connectivity index is 1.57. The molecule has 1 aromatic heterocycles. The number of piperazine rings is 1. The lowest BCUT2D eigenvalue weighted by Gasteiger charge is -2.41. The largest absolute Gasteiger partial charge is 0.336 e. The summed E-state index contributed by atoms with van der Waals surface area (Å²) < 4.78 is 1.75. The average Bonchev–Trinajstić information content (AvgIpc) is 3.44. The van der Waals surface area contributed by atoms with E-state index in [4.69, 9.17) is 5.10 Å². The van der Waals surface area contributed by atoms with Crippen molar-refractivity contribution in [3.05, 3.63) is 71.9 Å². The summed E-state index contributed by atoms with van der Waals surface area (Å²) in [6, 6.07) is 17.5. The number of rotatable bonds is 3. The maximum absolute atomic E-state index is 13.8. The first-order valence-corrected chi connectivity index (χ1v) is 10.9. The van der Waals surface area contributed by atoms with E-state index in [1.807, 2.05) is 73.3 Å². The van der Waals surface area contributed by atoms with Crippen LogP contribution in [0.5, 0.6) is 0 Å². The van der Waals surface area contributed by atoms with Gasteiger partial charge in [-0.25, -0.2) is 4.68 Å². The molecule has 0 N–H and O–H groups in total. The Morgan fingerprint density at radius 1 is 1.06 bits per heavy atom. The Kier molecular flexibility index (Phi) is 4.85. The third-order valence-corrected chi connectivity index (χ3v) is 6.44. The van der Waals surface area contributed by atoms with Gasteiger partial charge in [0, 0.05) is 30.9 Å². The monoisotopic (exact) mass is 414 g/mol. The second-order valence-electron chi connectivity index (χ2n) is 8.50. The number of aromatic nitrogens is 2. The van der Waals surface area contributed by atoms with E-state index in [-0.39, 0.29) is 17.9 Å². The average molecular weight is 415 g/mol. The smallest absolute Gasteiger partial charge is 0.258 e. The Bertz CT molecular complexity index is 1120. The van der Waals surface area contributed by atoms with Crippen molar-refractivity contribution >= 4 is 11.8 Å². The van der Waals surface area contributed by atoms with Gasteiger partial charge in [-0.15, -0.1) is 0 Å². The summed E-state index contributed by atoms with van der Waals surface area (Å²) in [6.45, 7) is 5.25. The van der Waals surface area contributed by atoms with E-state index in [2.05, 4.69) is 0 Å². The fraction of sp³-hybridized carbons (Fsp3) is 0.320. The number of benzene rings is 2. The van der Waals surface area contributed by atoms with E-state index >= 15 is 0 Å². The van der Waals surface area contributed by atoms with Crippen LogP contribution < -0.4 is 0 Å². The summed E-state index contributed by atoms with van der Waals surface area (Å²) in [5.74, 6) is -0.0837. The Morgan fingerprint density at radius 2 is 1.81 bits per heavy atom. The first kappa shape index (κ1) is 19.5. The van der Waals surface area contributed by atoms with E-state index < -0.39 is 6.04 Å². The molecule has 0 bridgehead atoms. The summed E-state index contributed by atoms with van der Waals surface area (Å²) in [7, 11) is 0. The number of carbonyl (C=O) groups excluding carboxylic acids is 2. The maximum atomic E-state index is 13.8. The van der Waals surface area contributed by atoms with Gasteiger partial charge < -0.3 is 9.80 Å². The van der Waals surface area contributed by atoms with Crippen LogP contribution in [-0.4, -0.2) is 56.6 Å². The van der Waals surface area contributed by atoms with Gasteiger partial charge in [0.1, 0.15) is 11.7 Å². The zero-order chi connectivity index (χ0) is 21.5. The van der Waals surface area contributed by atoms with Crippen LogP contribution >= 0.6 is 0 Å². The topological polar surface area (TPSA) is 58.4 Å². The van der Waals surface area contributed by atoms with Gasteiger partial charge in [-0.05, 0) is 38.8 Å². The number of carbonyl (C=O) groups is 2. The zero-order valence-electron chi connectivity index (χ0n) is 17.9. The van der Waals surface area contributed by atoms with Crippen molar-refractivity contribution in [1.82, 2.24) is 19.6 Å². The van der Waals surface area contributed by atoms with Gasteiger partial charge in [0.2, 0.25) is 5.91 Å². The highest BCUT2D eigenvalue weighted by molar-refractivity contribution is 6.02. The van der Waals surface area contributed by atoms with E-state index in [1.165, 1.54) is 0 Å². The number of nitrogens with zero attached hydrogens (tertiary/aromatic N) is 4. The van der Waals surface area contributed by atoms with Crippen LogP contribution in [0.3, 0.4) is 0 Å². The predicted octanol–water partition coefficient (Wildman–Crippen LogP) is 3.68. The van der Waals surface area contributed by atoms with Crippen molar-refractivity contribution < 1.29 is 9.59 Å². The van der Waals surface area contributed by atoms with Crippen molar-refractivity contribution in [3.63, 3.8) is 0 Å². The molecule has 2 aromatic carbocycles. The molecule has 2 fully saturated rings. The summed E-state index contributed by atoms with van der Waals surface area (Å²) in [6.07, 6.45) is 3.76. The second-order valence-corrected chi connectivity index (χ2v) is 8.50. The molecule has 0 spiro atoms. The predicted molar refractivity (Wildman–Crippen MR) is 119 cm³/mol. The van der Waals surface area contributed by atoms with Crippen LogP contribution in [0.1, 0.15) is 35.7 Å². The molecule has 2 amide bonds. The lowest BCUT2D eigenvalue weighted by atomic mass is 10.0. The fourth-order valence-electron chi connectivity index (χ4n) is 4.66. The normalized spacial score (nSPS) is 20.8. The van der Waals surface area contributed by atoms with Crippen LogP contribution in [0.2, 0.25) is 0 Å². The molecule has 0 unspecified atom stereocenters. The van der Waals surface area contributed by atoms with Crippen molar-refractivity contribution in [1.29, 1.82) is 0 Å². The highest BCUT2D eigenvalue weighted by Gasteiger charge is 2.43. The molecule has 5 rings (SSSR count). The van der Waals surface area contributed by atoms with Gasteiger partial charge in [-0.2, -0.15) is 5.10 Å². The summed E-state index contributed by atoms with van der Waals surface area (Å²) in [5.41, 5.74) is 4.10. The number of aryl methyl sites for hydroxylation is 1. The standard InChI is InChI=1S/C25H26N4O2/c1-17-10-12-19(13-11-17)23-22(16-29(26-23)20-7-4-3-5-8-20)25(31)28-15-21-9-6-14-27(21)24(30)18(28)2/h3-5,7-8,10-13,16,18,21H,6,9,14-15H2,1-2H3/t18-,21+/m1/s1. The van der Waals surface area contributed by atoms with Gasteiger partial charge in [0.15, 0.2) is 0 Å². The minimum Gasteiger partial charge on any atom is -0.336 e. The summed E-state index contributed by atoms with van der Waals surface area (Å²) in [4.78, 5) is 30.3. The lowest BCUT2D eigenvalue weighted by Crippen LogP contribution is -2.60. The molecule has 2 aliphatic heterocycles. The second kappa shape index (κ2) is 7.69. The number of fused-ring (bicyclic) bond motifs is 1. The number of hydrogen-bond acceptors (Lipinski definition) is 3. The molecule has 0 saturated carbocycles. The third-order valence-electron chi connectivity index (χ3n) is 6.44. The summed E-state index contributed by atoms with van der Waals surface area (Å²) in [5, 5.41) is 4.78. The van der Waals surface area contributed by atoms with Crippen molar-refractivity contribution in [2.75, 3.05) is 13.1 Å². The van der Waals surface area contributed by atoms with Crippen molar-refractivity contribution in [2.45, 2.75) is 38.8 Å². The van der Waals surface area contributed by atoms with Crippen LogP contribution in [-0.2, 0) is 4.79 Å². The van der Waals surface area contributed by atoms with E-state index in [9.17, 15) is 9.59 Å². The molecule has 0 radical (unpaired) electrons. The van der Waals surface area contributed by atoms with Crippen molar-refractivity contribution in [2.24, 2.45) is 0 Å². The van der Waals surface area contributed by atoms with E-state index in [1.54, 1.807) is 15.8 Å². The molecule has 3 heterocycles. The number of para-hydroxylation sites is 1. The summed E-state index contributed by atoms with van der Waals surface area (Å²) >= 11 is 0. The van der Waals surface area contributed by atoms with E-state index in [0.717, 1.165) is 36.2 Å². The zero-order valence-corrected chi connectivity index (χ0v) is 17.9. The molecule has 6 nitrogen and oxygen atoms in total. The molecule has 31 heavy (non-hydrogen) atoms. The fourth-order valence-corrected chi connectivity index (χ4v) is 4.66. The number of hydrogen-bond donors (Lipinski definition) is 0. The van der Waals surface area contributed by atoms with Gasteiger partial charge in [0.05, 0.1) is 11.3 Å². The Labute approximate surface area is 182 Å². The molecule has 0 aliphatic carbocycles. The molecule has 2 saturated heterocycles. The minimum absolute atomic E-state index is 0.0504. The highest BCUT2D eigenvalue weighted by atomic mass is 16.2. The molecule has 2 atom stereocenters. The quantitative estimate of drug-likeness (QED) is 0.657. The van der Waals surface area contributed by atoms with E-state index in [0.29, 0.717) is 17.8 Å². The van der Waals surface area contributed by atoms with Crippen LogP contribution in [0, 0.1) is 6.92 Å². The van der Waals surface area contributed by atoms with Gasteiger partial charge in [-0.3, -0.25) is 9.59 Å². The lowest BCUT2D eigenvalue weighted by molar-refractivity contribution is -0.141. The molecule has 158 valence electrons. The van der Waals surface area contributed by atoms with Crippen LogP contribution in [0.15, 0.2) is 60.8 Å². The first-order valence-electron chi connectivity index (χ1n) is 10.9. The third kappa shape index (κ3) is 3.42. The highest BCUT2D eigenvalue weighted by Crippen LogP contribution is 2.30. The minimum atomic E-state index is -0.465. The Hall–Kier alpha value is -3.41. The molecule has 6 heteroatoms. The van der Waals surface area contributed by atoms with Gasteiger partial charge in [0.25, 0.3) is 5.91 Å². The van der Waals surface area contributed by atoms with Crippen LogP contribution in [0.4, 0.5) is 0 Å². The molecular formula is C25H26N4O2. The van der Waals surface area contributed by atoms with Crippen molar-refractivity contribution in [3.8, 4) is 16.9 Å². The Morgan fingerprint density at radius 3 is 2.55 bits per heavy atom. The molecule has 2 aliphatic rings. The van der Waals surface area contributed by atoms with Crippen LogP contribution in [0.25, 0.3) is 16.9 Å². The maximum Gasteiger partial charge on any atom is 0.258 e. The first-order chi connectivity index (χ1) is 15.0. The van der Waals surface area contributed by atoms with Gasteiger partial charge >= 0.3 is 0 Å². The molecule has 3 aromatic rings. The number of amides is 2. The van der Waals surface area contributed by atoms with Gasteiger partial charge in [-0.1, -0.05) is 48.0 Å².